The highest BCUT2D eigenvalue weighted by Gasteiger charge is 2.20. The van der Waals surface area contributed by atoms with Crippen LogP contribution in [0.2, 0.25) is 0 Å². The summed E-state index contributed by atoms with van der Waals surface area (Å²) in [6.45, 7) is 4.01. The molecule has 1 aliphatic heterocycles. The number of halogens is 1. The minimum atomic E-state index is 0.0255. The lowest BCUT2D eigenvalue weighted by atomic mass is 10.1. The molecular formula is C9H12IN3O. The molecule has 1 aromatic rings. The van der Waals surface area contributed by atoms with Gasteiger partial charge in [-0.15, -0.1) is 0 Å². The molecule has 0 fully saturated rings. The van der Waals surface area contributed by atoms with Crippen LogP contribution >= 0.6 is 22.6 Å². The average molecular weight is 305 g/mol. The van der Waals surface area contributed by atoms with E-state index >= 15 is 0 Å². The van der Waals surface area contributed by atoms with Crippen molar-refractivity contribution >= 4 is 28.4 Å². The lowest BCUT2D eigenvalue weighted by molar-refractivity contribution is 0.681. The Labute approximate surface area is 95.9 Å². The van der Waals surface area contributed by atoms with E-state index in [2.05, 4.69) is 21.8 Å². The van der Waals surface area contributed by atoms with E-state index in [4.69, 9.17) is 0 Å². The molecule has 0 bridgehead atoms. The molecule has 0 unspecified atom stereocenters. The van der Waals surface area contributed by atoms with Crippen LogP contribution in [-0.4, -0.2) is 23.1 Å². The first-order chi connectivity index (χ1) is 6.72. The number of hydrogen-bond acceptors (Lipinski definition) is 3. The summed E-state index contributed by atoms with van der Waals surface area (Å²) in [4.78, 5) is 20.9. The van der Waals surface area contributed by atoms with Crippen LogP contribution in [-0.2, 0) is 6.42 Å². The summed E-state index contributed by atoms with van der Waals surface area (Å²) in [6.07, 6.45) is 1.90. The molecule has 14 heavy (non-hydrogen) atoms. The molecule has 2 rings (SSSR count). The molecule has 0 spiro atoms. The fourth-order valence-electron chi connectivity index (χ4n) is 1.81. The molecule has 1 N–H and O–H groups in total. The first-order valence-corrected chi connectivity index (χ1v) is 5.84. The lowest BCUT2D eigenvalue weighted by Gasteiger charge is -2.28. The van der Waals surface area contributed by atoms with E-state index in [1.807, 2.05) is 22.6 Å². The third-order valence-electron chi connectivity index (χ3n) is 2.50. The lowest BCUT2D eigenvalue weighted by Crippen LogP contribution is -2.34. The van der Waals surface area contributed by atoms with Gasteiger partial charge >= 0.3 is 0 Å². The summed E-state index contributed by atoms with van der Waals surface area (Å²) in [5, 5.41) is 0. The van der Waals surface area contributed by atoms with Crippen molar-refractivity contribution in [1.82, 2.24) is 9.97 Å². The largest absolute Gasteiger partial charge is 0.356 e. The van der Waals surface area contributed by atoms with Gasteiger partial charge in [-0.05, 0) is 42.4 Å². The van der Waals surface area contributed by atoms with Crippen molar-refractivity contribution in [2.45, 2.75) is 19.8 Å². The number of hydrogen-bond donors (Lipinski definition) is 1. The number of aromatic amines is 1. The SMILES string of the molecule is CCN1CCCc2c1nc(I)[nH]c2=O. The first-order valence-electron chi connectivity index (χ1n) is 4.76. The number of H-pyrrole nitrogens is 1. The molecule has 0 aliphatic carbocycles. The van der Waals surface area contributed by atoms with Gasteiger partial charge in [0.25, 0.3) is 5.56 Å². The molecule has 76 valence electrons. The predicted octanol–water partition coefficient (Wildman–Crippen LogP) is 1.15. The maximum absolute atomic E-state index is 11.6. The number of anilines is 1. The molecule has 1 aromatic heterocycles. The summed E-state index contributed by atoms with van der Waals surface area (Å²) in [5.74, 6) is 0.881. The molecule has 0 amide bonds. The van der Waals surface area contributed by atoms with Crippen LogP contribution in [0, 0.1) is 3.83 Å². The Morgan fingerprint density at radius 1 is 1.64 bits per heavy atom. The normalized spacial score (nSPS) is 15.4. The Balaban J connectivity index is 2.56. The summed E-state index contributed by atoms with van der Waals surface area (Å²) in [6, 6.07) is 0. The van der Waals surface area contributed by atoms with Gasteiger partial charge < -0.3 is 9.88 Å². The highest BCUT2D eigenvalue weighted by molar-refractivity contribution is 14.1. The second-order valence-corrected chi connectivity index (χ2v) is 4.36. The van der Waals surface area contributed by atoms with Gasteiger partial charge in [0.2, 0.25) is 0 Å². The molecule has 0 aromatic carbocycles. The average Bonchev–Trinajstić information content (AvgIpc) is 2.17. The molecule has 2 heterocycles. The van der Waals surface area contributed by atoms with Gasteiger partial charge in [0.05, 0.1) is 5.56 Å². The molecule has 4 nitrogen and oxygen atoms in total. The Bertz CT molecular complexity index is 402. The van der Waals surface area contributed by atoms with Crippen molar-refractivity contribution in [3.05, 3.63) is 19.7 Å². The summed E-state index contributed by atoms with van der Waals surface area (Å²) >= 11 is 2.04. The van der Waals surface area contributed by atoms with Crippen LogP contribution in [0.3, 0.4) is 0 Å². The zero-order chi connectivity index (χ0) is 10.1. The smallest absolute Gasteiger partial charge is 0.256 e. The minimum Gasteiger partial charge on any atom is -0.356 e. The van der Waals surface area contributed by atoms with Gasteiger partial charge in [0, 0.05) is 13.1 Å². The van der Waals surface area contributed by atoms with Crippen LogP contribution in [0.5, 0.6) is 0 Å². The summed E-state index contributed by atoms with van der Waals surface area (Å²) in [7, 11) is 0. The van der Waals surface area contributed by atoms with Crippen molar-refractivity contribution in [3.63, 3.8) is 0 Å². The van der Waals surface area contributed by atoms with Gasteiger partial charge in [-0.2, -0.15) is 0 Å². The van der Waals surface area contributed by atoms with Gasteiger partial charge in [-0.3, -0.25) is 4.79 Å². The Hall–Kier alpha value is -0.590. The number of fused-ring (bicyclic) bond motifs is 1. The van der Waals surface area contributed by atoms with E-state index in [0.29, 0.717) is 3.83 Å². The highest BCUT2D eigenvalue weighted by Crippen LogP contribution is 2.21. The highest BCUT2D eigenvalue weighted by atomic mass is 127. The quantitative estimate of drug-likeness (QED) is 0.625. The maximum atomic E-state index is 11.6. The van der Waals surface area contributed by atoms with Crippen molar-refractivity contribution in [3.8, 4) is 0 Å². The zero-order valence-corrected chi connectivity index (χ0v) is 10.2. The topological polar surface area (TPSA) is 49.0 Å². The van der Waals surface area contributed by atoms with E-state index in [1.165, 1.54) is 0 Å². The predicted molar refractivity (Wildman–Crippen MR) is 63.8 cm³/mol. The molecule has 0 atom stereocenters. The molecule has 0 radical (unpaired) electrons. The molecule has 5 heteroatoms. The standard InChI is InChI=1S/C9H12IN3O/c1-2-13-5-3-4-6-7(13)11-9(10)12-8(6)14/h2-5H2,1H3,(H,11,12,14). The van der Waals surface area contributed by atoms with Crippen molar-refractivity contribution in [1.29, 1.82) is 0 Å². The Kier molecular flexibility index (Phi) is 2.76. The molecule has 0 saturated carbocycles. The second kappa shape index (κ2) is 3.88. The van der Waals surface area contributed by atoms with Crippen LogP contribution in [0.1, 0.15) is 18.9 Å². The zero-order valence-electron chi connectivity index (χ0n) is 8.01. The monoisotopic (exact) mass is 305 g/mol. The van der Waals surface area contributed by atoms with Crippen LogP contribution < -0.4 is 10.5 Å². The van der Waals surface area contributed by atoms with Crippen molar-refractivity contribution in [2.75, 3.05) is 18.0 Å². The second-order valence-electron chi connectivity index (χ2n) is 3.34. The van der Waals surface area contributed by atoms with E-state index in [-0.39, 0.29) is 5.56 Å². The number of aromatic nitrogens is 2. The maximum Gasteiger partial charge on any atom is 0.256 e. The molecular weight excluding hydrogens is 293 g/mol. The molecule has 1 aliphatic rings. The van der Waals surface area contributed by atoms with Crippen LogP contribution in [0.4, 0.5) is 5.82 Å². The first kappa shape index (κ1) is 9.95. The number of nitrogens with zero attached hydrogens (tertiary/aromatic N) is 2. The van der Waals surface area contributed by atoms with Crippen LogP contribution in [0.25, 0.3) is 0 Å². The van der Waals surface area contributed by atoms with Gasteiger partial charge in [-0.25, -0.2) is 4.98 Å². The number of rotatable bonds is 1. The summed E-state index contributed by atoms with van der Waals surface area (Å²) < 4.78 is 0.673. The van der Waals surface area contributed by atoms with Gasteiger partial charge in [-0.1, -0.05) is 0 Å². The Morgan fingerprint density at radius 2 is 2.43 bits per heavy atom. The molecule has 0 saturated heterocycles. The van der Waals surface area contributed by atoms with Crippen molar-refractivity contribution in [2.24, 2.45) is 0 Å². The van der Waals surface area contributed by atoms with Crippen molar-refractivity contribution < 1.29 is 0 Å². The van der Waals surface area contributed by atoms with E-state index in [1.54, 1.807) is 0 Å². The van der Waals surface area contributed by atoms with Gasteiger partial charge in [0.15, 0.2) is 3.83 Å². The summed E-state index contributed by atoms with van der Waals surface area (Å²) in [5.41, 5.74) is 0.871. The van der Waals surface area contributed by atoms with E-state index < -0.39 is 0 Å². The fraction of sp³-hybridized carbons (Fsp3) is 0.556. The number of nitrogens with one attached hydrogen (secondary N) is 1. The minimum absolute atomic E-state index is 0.0255. The van der Waals surface area contributed by atoms with Gasteiger partial charge in [0.1, 0.15) is 5.82 Å². The van der Waals surface area contributed by atoms with E-state index in [0.717, 1.165) is 37.3 Å². The van der Waals surface area contributed by atoms with E-state index in [9.17, 15) is 4.79 Å². The third kappa shape index (κ3) is 1.65. The fourth-order valence-corrected chi connectivity index (χ4v) is 2.28. The third-order valence-corrected chi connectivity index (χ3v) is 3.01. The van der Waals surface area contributed by atoms with Crippen LogP contribution in [0.15, 0.2) is 4.79 Å². The Morgan fingerprint density at radius 3 is 3.14 bits per heavy atom.